The van der Waals surface area contributed by atoms with Crippen molar-refractivity contribution in [3.63, 3.8) is 0 Å². The van der Waals surface area contributed by atoms with E-state index in [0.29, 0.717) is 6.54 Å². The SMILES string of the molecule is Cc1ncnc2[nH]cc(C3CCC(C)N(C(=O)OC(C)(C)C)C3)c12. The Morgan fingerprint density at radius 2 is 2.08 bits per heavy atom. The number of hydrogen-bond acceptors (Lipinski definition) is 4. The molecule has 130 valence electrons. The molecular weight excluding hydrogens is 304 g/mol. The highest BCUT2D eigenvalue weighted by atomic mass is 16.6. The first-order chi connectivity index (χ1) is 11.3. The van der Waals surface area contributed by atoms with E-state index in [1.165, 1.54) is 5.56 Å². The second-order valence-corrected chi connectivity index (χ2v) is 7.68. The zero-order valence-electron chi connectivity index (χ0n) is 15.1. The highest BCUT2D eigenvalue weighted by Crippen LogP contribution is 2.35. The summed E-state index contributed by atoms with van der Waals surface area (Å²) in [5, 5.41) is 1.08. The van der Waals surface area contributed by atoms with Gasteiger partial charge in [0.1, 0.15) is 17.6 Å². The Bertz CT molecular complexity index is 747. The van der Waals surface area contributed by atoms with Gasteiger partial charge < -0.3 is 14.6 Å². The van der Waals surface area contributed by atoms with Crippen LogP contribution in [0.1, 0.15) is 57.7 Å². The molecule has 2 atom stereocenters. The first-order valence-corrected chi connectivity index (χ1v) is 8.54. The van der Waals surface area contributed by atoms with Crippen LogP contribution in [0, 0.1) is 6.92 Å². The third kappa shape index (κ3) is 3.23. The van der Waals surface area contributed by atoms with E-state index in [4.69, 9.17) is 4.74 Å². The zero-order valence-corrected chi connectivity index (χ0v) is 15.1. The number of amides is 1. The molecular formula is C18H26N4O2. The molecule has 0 spiro atoms. The minimum atomic E-state index is -0.477. The van der Waals surface area contributed by atoms with Crippen molar-refractivity contribution in [2.45, 2.75) is 65.0 Å². The van der Waals surface area contributed by atoms with E-state index in [9.17, 15) is 4.79 Å². The maximum absolute atomic E-state index is 12.5. The van der Waals surface area contributed by atoms with Crippen molar-refractivity contribution in [3.8, 4) is 0 Å². The summed E-state index contributed by atoms with van der Waals surface area (Å²) in [5.74, 6) is 0.271. The standard InChI is InChI=1S/C18H26N4O2/c1-11-6-7-13(9-22(11)17(23)24-18(3,4)5)14-8-19-16-15(14)12(2)20-10-21-16/h8,10-11,13H,6-7,9H2,1-5H3,(H,19,20,21). The van der Waals surface area contributed by atoms with Crippen LogP contribution in [0.2, 0.25) is 0 Å². The van der Waals surface area contributed by atoms with E-state index < -0.39 is 5.60 Å². The summed E-state index contributed by atoms with van der Waals surface area (Å²) in [4.78, 5) is 26.3. The number of likely N-dealkylation sites (tertiary alicyclic amines) is 1. The zero-order chi connectivity index (χ0) is 17.5. The highest BCUT2D eigenvalue weighted by molar-refractivity contribution is 5.82. The van der Waals surface area contributed by atoms with Crippen LogP contribution in [0.5, 0.6) is 0 Å². The number of nitrogens with one attached hydrogen (secondary N) is 1. The molecule has 2 aromatic heterocycles. The number of aromatic amines is 1. The Hall–Kier alpha value is -2.11. The van der Waals surface area contributed by atoms with Crippen molar-refractivity contribution in [3.05, 3.63) is 23.8 Å². The molecule has 0 aliphatic carbocycles. The van der Waals surface area contributed by atoms with Crippen LogP contribution in [0.15, 0.2) is 12.5 Å². The lowest BCUT2D eigenvalue weighted by molar-refractivity contribution is 0.00974. The number of nitrogens with zero attached hydrogens (tertiary/aromatic N) is 3. The fourth-order valence-corrected chi connectivity index (χ4v) is 3.40. The van der Waals surface area contributed by atoms with Gasteiger partial charge in [0.25, 0.3) is 0 Å². The molecule has 2 aromatic rings. The van der Waals surface area contributed by atoms with Crippen LogP contribution in [0.25, 0.3) is 11.0 Å². The summed E-state index contributed by atoms with van der Waals surface area (Å²) in [6.07, 6.45) is 5.37. The Balaban J connectivity index is 1.86. The highest BCUT2D eigenvalue weighted by Gasteiger charge is 2.33. The maximum atomic E-state index is 12.5. The molecule has 2 unspecified atom stereocenters. The molecule has 6 heteroatoms. The molecule has 3 heterocycles. The molecule has 1 saturated heterocycles. The average Bonchev–Trinajstić information content (AvgIpc) is 2.91. The predicted octanol–water partition coefficient (Wildman–Crippen LogP) is 3.77. The van der Waals surface area contributed by atoms with Crippen LogP contribution in [-0.4, -0.2) is 44.1 Å². The van der Waals surface area contributed by atoms with Crippen molar-refractivity contribution < 1.29 is 9.53 Å². The number of carbonyl (C=O) groups excluding carboxylic acids is 1. The minimum absolute atomic E-state index is 0.193. The molecule has 1 aliphatic heterocycles. The lowest BCUT2D eigenvalue weighted by Gasteiger charge is -2.38. The summed E-state index contributed by atoms with van der Waals surface area (Å²) in [6.45, 7) is 10.5. The molecule has 1 N–H and O–H groups in total. The summed E-state index contributed by atoms with van der Waals surface area (Å²) < 4.78 is 5.58. The number of rotatable bonds is 1. The number of ether oxygens (including phenoxy) is 1. The van der Waals surface area contributed by atoms with Gasteiger partial charge in [-0.3, -0.25) is 0 Å². The Morgan fingerprint density at radius 3 is 2.79 bits per heavy atom. The molecule has 1 amide bonds. The van der Waals surface area contributed by atoms with E-state index in [-0.39, 0.29) is 18.1 Å². The van der Waals surface area contributed by atoms with Crippen LogP contribution in [0.3, 0.4) is 0 Å². The number of hydrogen-bond donors (Lipinski definition) is 1. The van der Waals surface area contributed by atoms with E-state index in [1.807, 2.05) is 38.8 Å². The number of piperidine rings is 1. The lowest BCUT2D eigenvalue weighted by Crippen LogP contribution is -2.47. The largest absolute Gasteiger partial charge is 0.444 e. The number of aryl methyl sites for hydroxylation is 1. The van der Waals surface area contributed by atoms with Crippen molar-refractivity contribution in [1.82, 2.24) is 19.9 Å². The van der Waals surface area contributed by atoms with Crippen LogP contribution in [-0.2, 0) is 4.74 Å². The summed E-state index contributed by atoms with van der Waals surface area (Å²) in [6, 6.07) is 0.193. The van der Waals surface area contributed by atoms with Crippen molar-refractivity contribution in [2.75, 3.05) is 6.54 Å². The molecule has 6 nitrogen and oxygen atoms in total. The van der Waals surface area contributed by atoms with E-state index in [2.05, 4.69) is 21.9 Å². The average molecular weight is 330 g/mol. The van der Waals surface area contributed by atoms with Crippen molar-refractivity contribution >= 4 is 17.1 Å². The van der Waals surface area contributed by atoms with Gasteiger partial charge in [-0.1, -0.05) is 0 Å². The maximum Gasteiger partial charge on any atom is 0.410 e. The van der Waals surface area contributed by atoms with Crippen LogP contribution < -0.4 is 0 Å². The van der Waals surface area contributed by atoms with Crippen molar-refractivity contribution in [2.24, 2.45) is 0 Å². The second-order valence-electron chi connectivity index (χ2n) is 7.68. The third-order valence-corrected chi connectivity index (χ3v) is 4.64. The predicted molar refractivity (Wildman–Crippen MR) is 93.0 cm³/mol. The lowest BCUT2D eigenvalue weighted by atomic mass is 9.87. The molecule has 24 heavy (non-hydrogen) atoms. The fraction of sp³-hybridized carbons (Fsp3) is 0.611. The van der Waals surface area contributed by atoms with Gasteiger partial charge in [-0.2, -0.15) is 0 Å². The first kappa shape index (κ1) is 16.7. The molecule has 0 saturated carbocycles. The normalized spacial score (nSPS) is 22.0. The van der Waals surface area contributed by atoms with Gasteiger partial charge >= 0.3 is 6.09 Å². The minimum Gasteiger partial charge on any atom is -0.444 e. The Labute approximate surface area is 142 Å². The van der Waals surface area contributed by atoms with Crippen LogP contribution in [0.4, 0.5) is 4.79 Å². The van der Waals surface area contributed by atoms with E-state index in [1.54, 1.807) is 6.33 Å². The van der Waals surface area contributed by atoms with Gasteiger partial charge in [0.2, 0.25) is 0 Å². The van der Waals surface area contributed by atoms with Gasteiger partial charge in [-0.05, 0) is 53.0 Å². The summed E-state index contributed by atoms with van der Waals surface area (Å²) in [7, 11) is 0. The van der Waals surface area contributed by atoms with E-state index in [0.717, 1.165) is 29.6 Å². The number of fused-ring (bicyclic) bond motifs is 1. The molecule has 1 fully saturated rings. The quantitative estimate of drug-likeness (QED) is 0.864. The van der Waals surface area contributed by atoms with Gasteiger partial charge in [0.15, 0.2) is 0 Å². The monoisotopic (exact) mass is 330 g/mol. The van der Waals surface area contributed by atoms with Gasteiger partial charge in [0, 0.05) is 30.1 Å². The van der Waals surface area contributed by atoms with Gasteiger partial charge in [0.05, 0.1) is 5.69 Å². The fourth-order valence-electron chi connectivity index (χ4n) is 3.40. The second kappa shape index (κ2) is 6.07. The molecule has 0 aromatic carbocycles. The van der Waals surface area contributed by atoms with E-state index >= 15 is 0 Å². The first-order valence-electron chi connectivity index (χ1n) is 8.54. The van der Waals surface area contributed by atoms with Crippen LogP contribution >= 0.6 is 0 Å². The van der Waals surface area contributed by atoms with Gasteiger partial charge in [-0.25, -0.2) is 14.8 Å². The number of carbonyl (C=O) groups is 1. The Kier molecular flexibility index (Phi) is 4.24. The molecule has 1 aliphatic rings. The summed E-state index contributed by atoms with van der Waals surface area (Å²) >= 11 is 0. The topological polar surface area (TPSA) is 71.1 Å². The summed E-state index contributed by atoms with van der Waals surface area (Å²) in [5.41, 5.74) is 2.55. The van der Waals surface area contributed by atoms with Crippen molar-refractivity contribution in [1.29, 1.82) is 0 Å². The number of H-pyrrole nitrogens is 1. The number of aromatic nitrogens is 3. The molecule has 3 rings (SSSR count). The molecule has 0 bridgehead atoms. The van der Waals surface area contributed by atoms with Gasteiger partial charge in [-0.15, -0.1) is 0 Å². The third-order valence-electron chi connectivity index (χ3n) is 4.64. The smallest absolute Gasteiger partial charge is 0.410 e. The Morgan fingerprint density at radius 1 is 1.33 bits per heavy atom. The molecule has 0 radical (unpaired) electrons.